The topological polar surface area (TPSA) is 111 Å². The van der Waals surface area contributed by atoms with Crippen molar-refractivity contribution >= 4 is 19.8 Å². The molecule has 0 aromatic carbocycles. The Morgan fingerprint density at radius 2 is 0.850 bits per heavy atom. The molecule has 0 aromatic heterocycles. The fourth-order valence-electron chi connectivity index (χ4n) is 7.30. The van der Waals surface area contributed by atoms with Gasteiger partial charge in [0, 0.05) is 12.8 Å². The second kappa shape index (κ2) is 43.0. The number of nitrogens with zero attached hydrogens (tertiary/aromatic N) is 1. The number of quaternary nitrogens is 1. The fourth-order valence-corrected chi connectivity index (χ4v) is 8.03. The first-order valence-corrected chi connectivity index (χ1v) is 26.9. The smallest absolute Gasteiger partial charge is 0.306 e. The number of phosphoric ester groups is 1. The molecule has 1 unspecified atom stereocenters. The van der Waals surface area contributed by atoms with E-state index in [0.29, 0.717) is 17.4 Å². The number of unbranched alkanes of at least 4 members (excludes halogenated alkanes) is 31. The molecule has 0 aliphatic heterocycles. The number of hydrogen-bond donors (Lipinski definition) is 0. The Labute approximate surface area is 371 Å². The van der Waals surface area contributed by atoms with E-state index in [1.165, 1.54) is 161 Å². The number of hydrogen-bond acceptors (Lipinski definition) is 8. The van der Waals surface area contributed by atoms with E-state index in [0.717, 1.165) is 51.4 Å². The molecule has 0 radical (unpaired) electrons. The van der Waals surface area contributed by atoms with Crippen LogP contribution >= 0.6 is 7.82 Å². The van der Waals surface area contributed by atoms with Gasteiger partial charge < -0.3 is 27.9 Å². The van der Waals surface area contributed by atoms with E-state index >= 15 is 0 Å². The van der Waals surface area contributed by atoms with Gasteiger partial charge in [0.25, 0.3) is 7.82 Å². The molecule has 2 atom stereocenters. The minimum Gasteiger partial charge on any atom is -0.756 e. The normalized spacial score (nSPS) is 13.5. The second-order valence-electron chi connectivity index (χ2n) is 18.5. The summed E-state index contributed by atoms with van der Waals surface area (Å²) in [5.41, 5.74) is 0. The molecule has 0 saturated carbocycles. The molecular formula is C50H98NO8P. The Kier molecular flexibility index (Phi) is 42.1. The lowest BCUT2D eigenvalue weighted by molar-refractivity contribution is -0.870. The van der Waals surface area contributed by atoms with Crippen LogP contribution in [0, 0.1) is 0 Å². The monoisotopic (exact) mass is 872 g/mol. The molecule has 0 saturated heterocycles. The highest BCUT2D eigenvalue weighted by atomic mass is 31.2. The standard InChI is InChI=1S/C50H98NO8P/c1-6-8-10-12-14-16-18-20-22-23-24-25-26-27-29-30-32-34-36-38-40-42-49(52)56-46-48(47-58-60(54,55)57-45-44-51(3,4)5)59-50(53)43-41-39-37-35-33-31-28-21-19-17-15-13-11-9-7-2/h21,28,48H,6-20,22-27,29-47H2,1-5H3/b28-21-/t48-/m1/s1. The first-order valence-electron chi connectivity index (χ1n) is 25.4. The fraction of sp³-hybridized carbons (Fsp3) is 0.920. The molecule has 356 valence electrons. The summed E-state index contributed by atoms with van der Waals surface area (Å²) in [6, 6.07) is 0. The van der Waals surface area contributed by atoms with Gasteiger partial charge in [0.15, 0.2) is 6.10 Å². The van der Waals surface area contributed by atoms with Crippen LogP contribution in [0.25, 0.3) is 0 Å². The van der Waals surface area contributed by atoms with Crippen molar-refractivity contribution in [2.45, 2.75) is 251 Å². The summed E-state index contributed by atoms with van der Waals surface area (Å²) in [4.78, 5) is 37.7. The van der Waals surface area contributed by atoms with E-state index in [-0.39, 0.29) is 32.0 Å². The van der Waals surface area contributed by atoms with E-state index < -0.39 is 26.5 Å². The number of esters is 2. The lowest BCUT2D eigenvalue weighted by Gasteiger charge is -2.28. The lowest BCUT2D eigenvalue weighted by atomic mass is 10.0. The zero-order chi connectivity index (χ0) is 44.3. The summed E-state index contributed by atoms with van der Waals surface area (Å²) in [5, 5.41) is 0. The highest BCUT2D eigenvalue weighted by molar-refractivity contribution is 7.45. The summed E-state index contributed by atoms with van der Waals surface area (Å²) in [6.07, 6.45) is 46.7. The Bertz CT molecular complexity index is 1030. The summed E-state index contributed by atoms with van der Waals surface area (Å²) in [6.45, 7) is 4.26. The van der Waals surface area contributed by atoms with E-state index in [9.17, 15) is 19.0 Å². The molecule has 9 nitrogen and oxygen atoms in total. The highest BCUT2D eigenvalue weighted by Gasteiger charge is 2.21. The van der Waals surface area contributed by atoms with Gasteiger partial charge in [-0.2, -0.15) is 0 Å². The summed E-state index contributed by atoms with van der Waals surface area (Å²) < 4.78 is 34.0. The number of phosphoric acid groups is 1. The van der Waals surface area contributed by atoms with Crippen LogP contribution in [0.3, 0.4) is 0 Å². The Hall–Kier alpha value is -1.25. The number of carbonyl (C=O) groups excluding carboxylic acids is 2. The minimum atomic E-state index is -4.63. The highest BCUT2D eigenvalue weighted by Crippen LogP contribution is 2.38. The van der Waals surface area contributed by atoms with Crippen LogP contribution in [0.2, 0.25) is 0 Å². The molecule has 0 aliphatic carbocycles. The molecule has 60 heavy (non-hydrogen) atoms. The predicted octanol–water partition coefficient (Wildman–Crippen LogP) is 14.3. The van der Waals surface area contributed by atoms with Gasteiger partial charge in [-0.1, -0.05) is 206 Å². The van der Waals surface area contributed by atoms with Gasteiger partial charge >= 0.3 is 11.9 Å². The third-order valence-electron chi connectivity index (χ3n) is 11.3. The molecule has 0 spiro atoms. The van der Waals surface area contributed by atoms with E-state index in [1.807, 2.05) is 21.1 Å². The molecule has 0 fully saturated rings. The van der Waals surface area contributed by atoms with Crippen molar-refractivity contribution in [3.8, 4) is 0 Å². The number of likely N-dealkylation sites (N-methyl/N-ethyl adjacent to an activating group) is 1. The number of allylic oxidation sites excluding steroid dienone is 2. The molecule has 0 N–H and O–H groups in total. The lowest BCUT2D eigenvalue weighted by Crippen LogP contribution is -2.37. The number of rotatable bonds is 47. The molecule has 0 heterocycles. The van der Waals surface area contributed by atoms with Gasteiger partial charge in [-0.25, -0.2) is 0 Å². The Balaban J connectivity index is 4.20. The van der Waals surface area contributed by atoms with Gasteiger partial charge in [0.1, 0.15) is 19.8 Å². The maximum Gasteiger partial charge on any atom is 0.306 e. The second-order valence-corrected chi connectivity index (χ2v) is 20.0. The van der Waals surface area contributed by atoms with Crippen LogP contribution in [0.5, 0.6) is 0 Å². The predicted molar refractivity (Wildman–Crippen MR) is 250 cm³/mol. The van der Waals surface area contributed by atoms with Crippen LogP contribution in [0.1, 0.15) is 245 Å². The van der Waals surface area contributed by atoms with Crippen LogP contribution in [-0.4, -0.2) is 70.0 Å². The molecule has 0 aliphatic rings. The van der Waals surface area contributed by atoms with Crippen molar-refractivity contribution in [2.75, 3.05) is 47.5 Å². The van der Waals surface area contributed by atoms with Crippen LogP contribution in [0.15, 0.2) is 12.2 Å². The van der Waals surface area contributed by atoms with Crippen LogP contribution in [-0.2, 0) is 32.7 Å². The van der Waals surface area contributed by atoms with E-state index in [2.05, 4.69) is 26.0 Å². The van der Waals surface area contributed by atoms with Crippen molar-refractivity contribution in [1.29, 1.82) is 0 Å². The van der Waals surface area contributed by atoms with E-state index in [4.69, 9.17) is 18.5 Å². The van der Waals surface area contributed by atoms with Crippen molar-refractivity contribution in [2.24, 2.45) is 0 Å². The van der Waals surface area contributed by atoms with Crippen molar-refractivity contribution in [1.82, 2.24) is 0 Å². The summed E-state index contributed by atoms with van der Waals surface area (Å²) >= 11 is 0. The van der Waals surface area contributed by atoms with Gasteiger partial charge in [0.2, 0.25) is 0 Å². The van der Waals surface area contributed by atoms with Gasteiger partial charge in [0.05, 0.1) is 27.7 Å². The summed E-state index contributed by atoms with van der Waals surface area (Å²) in [7, 11) is 1.17. The molecule has 0 amide bonds. The van der Waals surface area contributed by atoms with Crippen LogP contribution < -0.4 is 4.89 Å². The van der Waals surface area contributed by atoms with Gasteiger partial charge in [-0.05, 0) is 38.5 Å². The van der Waals surface area contributed by atoms with Crippen molar-refractivity contribution in [3.05, 3.63) is 12.2 Å². The average molecular weight is 872 g/mol. The maximum absolute atomic E-state index is 12.7. The first kappa shape index (κ1) is 58.8. The van der Waals surface area contributed by atoms with Crippen molar-refractivity contribution < 1.29 is 42.1 Å². The quantitative estimate of drug-likeness (QED) is 0.0195. The summed E-state index contributed by atoms with van der Waals surface area (Å²) in [5.74, 6) is -0.830. The van der Waals surface area contributed by atoms with E-state index in [1.54, 1.807) is 0 Å². The zero-order valence-electron chi connectivity index (χ0n) is 40.2. The van der Waals surface area contributed by atoms with Gasteiger partial charge in [-0.15, -0.1) is 0 Å². The molecule has 0 aromatic rings. The third kappa shape index (κ3) is 46.3. The number of carbonyl (C=O) groups is 2. The average Bonchev–Trinajstić information content (AvgIpc) is 3.20. The third-order valence-corrected chi connectivity index (χ3v) is 12.2. The molecule has 0 rings (SSSR count). The SMILES string of the molecule is CCCCCCCC/C=C\CCCCCCCC(=O)O[C@H](COC(=O)CCCCCCCCCCCCCCCCCCCCCCC)COP(=O)([O-])OCC[N+](C)(C)C. The largest absolute Gasteiger partial charge is 0.756 e. The zero-order valence-corrected chi connectivity index (χ0v) is 41.1. The van der Waals surface area contributed by atoms with Crippen molar-refractivity contribution in [3.63, 3.8) is 0 Å². The molecule has 10 heteroatoms. The Morgan fingerprint density at radius 3 is 1.23 bits per heavy atom. The first-order chi connectivity index (χ1) is 29.0. The Morgan fingerprint density at radius 1 is 0.500 bits per heavy atom. The number of ether oxygens (including phenoxy) is 2. The minimum absolute atomic E-state index is 0.0291. The van der Waals surface area contributed by atoms with Crippen LogP contribution in [0.4, 0.5) is 0 Å². The van der Waals surface area contributed by atoms with Gasteiger partial charge in [-0.3, -0.25) is 14.2 Å². The maximum atomic E-state index is 12.7. The molecule has 0 bridgehead atoms. The molecular weight excluding hydrogens is 774 g/mol.